The van der Waals surface area contributed by atoms with Crippen LogP contribution in [0.5, 0.6) is 11.5 Å². The lowest BCUT2D eigenvalue weighted by Crippen LogP contribution is -2.42. The molecule has 8 heteroatoms. The predicted octanol–water partition coefficient (Wildman–Crippen LogP) is 4.69. The molecule has 0 spiro atoms. The second-order valence-corrected chi connectivity index (χ2v) is 11.3. The van der Waals surface area contributed by atoms with Gasteiger partial charge in [-0.15, -0.1) is 0 Å². The second-order valence-electron chi connectivity index (χ2n) is 9.47. The Balaban J connectivity index is 1.73. The summed E-state index contributed by atoms with van der Waals surface area (Å²) in [6.07, 6.45) is 0. The van der Waals surface area contributed by atoms with E-state index in [1.165, 1.54) is 19.2 Å². The van der Waals surface area contributed by atoms with Crippen molar-refractivity contribution >= 4 is 21.6 Å². The Morgan fingerprint density at radius 1 is 0.972 bits per heavy atom. The summed E-state index contributed by atoms with van der Waals surface area (Å²) < 4.78 is 39.3. The fourth-order valence-electron chi connectivity index (χ4n) is 3.67. The van der Waals surface area contributed by atoms with Gasteiger partial charge in [0, 0.05) is 6.07 Å². The number of hydrogen-bond acceptors (Lipinski definition) is 5. The minimum absolute atomic E-state index is 0.0819. The highest BCUT2D eigenvalue weighted by Gasteiger charge is 2.27. The van der Waals surface area contributed by atoms with Gasteiger partial charge in [-0.2, -0.15) is 0 Å². The van der Waals surface area contributed by atoms with Crippen LogP contribution in [0.15, 0.2) is 77.7 Å². The van der Waals surface area contributed by atoms with Gasteiger partial charge in [-0.1, -0.05) is 62.7 Å². The van der Waals surface area contributed by atoms with Crippen molar-refractivity contribution in [2.75, 3.05) is 31.1 Å². The Morgan fingerprint density at radius 3 is 2.33 bits per heavy atom. The highest BCUT2D eigenvalue weighted by molar-refractivity contribution is 7.92. The number of methoxy groups -OCH3 is 1. The first-order valence-electron chi connectivity index (χ1n) is 11.7. The van der Waals surface area contributed by atoms with Crippen LogP contribution in [-0.2, 0) is 20.2 Å². The molecule has 0 heterocycles. The number of anilines is 1. The van der Waals surface area contributed by atoms with Crippen molar-refractivity contribution < 1.29 is 22.7 Å². The number of sulfonamides is 1. The summed E-state index contributed by atoms with van der Waals surface area (Å²) >= 11 is 0. The minimum atomic E-state index is -4.00. The Kier molecular flexibility index (Phi) is 8.63. The van der Waals surface area contributed by atoms with Crippen LogP contribution in [-0.4, -0.2) is 41.1 Å². The molecule has 0 aromatic heterocycles. The quantitative estimate of drug-likeness (QED) is 0.400. The van der Waals surface area contributed by atoms with Gasteiger partial charge in [-0.05, 0) is 48.2 Å². The van der Waals surface area contributed by atoms with Gasteiger partial charge in [0.25, 0.3) is 10.0 Å². The highest BCUT2D eigenvalue weighted by atomic mass is 32.2. The van der Waals surface area contributed by atoms with E-state index >= 15 is 0 Å². The van der Waals surface area contributed by atoms with Gasteiger partial charge < -0.3 is 14.8 Å². The maximum Gasteiger partial charge on any atom is 0.264 e. The van der Waals surface area contributed by atoms with Crippen LogP contribution in [0.2, 0.25) is 0 Å². The molecule has 3 aromatic rings. The van der Waals surface area contributed by atoms with Crippen molar-refractivity contribution in [2.45, 2.75) is 38.0 Å². The van der Waals surface area contributed by atoms with Crippen LogP contribution in [0, 0.1) is 6.92 Å². The Morgan fingerprint density at radius 2 is 1.67 bits per heavy atom. The first-order valence-corrected chi connectivity index (χ1v) is 13.2. The van der Waals surface area contributed by atoms with Crippen LogP contribution < -0.4 is 19.1 Å². The number of nitrogens with zero attached hydrogens (tertiary/aromatic N) is 1. The van der Waals surface area contributed by atoms with Gasteiger partial charge in [0.1, 0.15) is 24.7 Å². The summed E-state index contributed by atoms with van der Waals surface area (Å²) in [5, 5.41) is 2.77. The van der Waals surface area contributed by atoms with Crippen LogP contribution in [0.4, 0.5) is 5.69 Å². The van der Waals surface area contributed by atoms with E-state index in [0.717, 1.165) is 21.2 Å². The molecule has 0 radical (unpaired) electrons. The number of para-hydroxylation sites is 1. The van der Waals surface area contributed by atoms with Crippen molar-refractivity contribution in [3.8, 4) is 11.5 Å². The number of amides is 1. The van der Waals surface area contributed by atoms with Crippen molar-refractivity contribution in [1.29, 1.82) is 0 Å². The number of benzene rings is 3. The lowest BCUT2D eigenvalue weighted by atomic mass is 9.86. The molecule has 1 amide bonds. The van der Waals surface area contributed by atoms with E-state index in [1.807, 2.05) is 31.2 Å². The first kappa shape index (κ1) is 27.1. The lowest BCUT2D eigenvalue weighted by molar-refractivity contribution is -0.119. The number of carbonyl (C=O) groups excluding carboxylic acids is 1. The third-order valence-electron chi connectivity index (χ3n) is 5.61. The van der Waals surface area contributed by atoms with Crippen molar-refractivity contribution in [3.63, 3.8) is 0 Å². The number of hydrogen-bond donors (Lipinski definition) is 1. The van der Waals surface area contributed by atoms with E-state index in [9.17, 15) is 13.2 Å². The third-order valence-corrected chi connectivity index (χ3v) is 7.40. The monoisotopic (exact) mass is 510 g/mol. The number of rotatable bonds is 10. The zero-order valence-electron chi connectivity index (χ0n) is 21.4. The Hall–Kier alpha value is -3.52. The molecule has 1 N–H and O–H groups in total. The number of aryl methyl sites for hydroxylation is 1. The molecule has 0 unspecified atom stereocenters. The van der Waals surface area contributed by atoms with Crippen LogP contribution in [0.1, 0.15) is 31.9 Å². The summed E-state index contributed by atoms with van der Waals surface area (Å²) in [6, 6.07) is 21.0. The van der Waals surface area contributed by atoms with Gasteiger partial charge >= 0.3 is 0 Å². The standard InChI is InChI=1S/C28H34N2O5S/c1-21-13-15-24(16-14-21)36(32,33)30(22-9-8-10-23(19-22)34-5)20-27(31)29-17-18-35-26-12-7-6-11-25(26)28(2,3)4/h6-16,19H,17-18,20H2,1-5H3,(H,29,31). The minimum Gasteiger partial charge on any atom is -0.497 e. The van der Waals surface area contributed by atoms with E-state index < -0.39 is 15.9 Å². The highest BCUT2D eigenvalue weighted by Crippen LogP contribution is 2.31. The summed E-state index contributed by atoms with van der Waals surface area (Å²) in [5.41, 5.74) is 2.26. The molecular weight excluding hydrogens is 476 g/mol. The Labute approximate surface area is 214 Å². The van der Waals surface area contributed by atoms with Gasteiger partial charge in [0.2, 0.25) is 5.91 Å². The van der Waals surface area contributed by atoms with E-state index in [1.54, 1.807) is 36.4 Å². The molecule has 192 valence electrons. The predicted molar refractivity (Wildman–Crippen MR) is 142 cm³/mol. The molecule has 0 fully saturated rings. The van der Waals surface area contributed by atoms with E-state index in [2.05, 4.69) is 26.1 Å². The van der Waals surface area contributed by atoms with Gasteiger partial charge in [0.05, 0.1) is 24.2 Å². The van der Waals surface area contributed by atoms with Crippen LogP contribution in [0.3, 0.4) is 0 Å². The van der Waals surface area contributed by atoms with Gasteiger partial charge in [0.15, 0.2) is 0 Å². The van der Waals surface area contributed by atoms with E-state index in [4.69, 9.17) is 9.47 Å². The maximum atomic E-state index is 13.5. The van der Waals surface area contributed by atoms with Crippen molar-refractivity contribution in [3.05, 3.63) is 83.9 Å². The zero-order chi connectivity index (χ0) is 26.3. The summed E-state index contributed by atoms with van der Waals surface area (Å²) in [7, 11) is -2.50. The van der Waals surface area contributed by atoms with E-state index in [-0.39, 0.29) is 30.0 Å². The van der Waals surface area contributed by atoms with Gasteiger partial charge in [-0.3, -0.25) is 9.10 Å². The largest absolute Gasteiger partial charge is 0.497 e. The third kappa shape index (κ3) is 6.79. The fourth-order valence-corrected chi connectivity index (χ4v) is 5.08. The first-order chi connectivity index (χ1) is 17.0. The van der Waals surface area contributed by atoms with Crippen molar-refractivity contribution in [2.24, 2.45) is 0 Å². The molecule has 0 saturated heterocycles. The molecule has 0 aliphatic heterocycles. The average molecular weight is 511 g/mol. The Bertz CT molecular complexity index is 1280. The number of ether oxygens (including phenoxy) is 2. The fraction of sp³-hybridized carbons (Fsp3) is 0.321. The van der Waals surface area contributed by atoms with Crippen molar-refractivity contribution in [1.82, 2.24) is 5.32 Å². The SMILES string of the molecule is COc1cccc(N(CC(=O)NCCOc2ccccc2C(C)(C)C)S(=O)(=O)c2ccc(C)cc2)c1. The van der Waals surface area contributed by atoms with Crippen LogP contribution >= 0.6 is 0 Å². The van der Waals surface area contributed by atoms with Crippen LogP contribution in [0.25, 0.3) is 0 Å². The second kappa shape index (κ2) is 11.5. The molecule has 0 saturated carbocycles. The molecule has 3 aromatic carbocycles. The molecule has 0 aliphatic rings. The average Bonchev–Trinajstić information content (AvgIpc) is 2.85. The molecule has 7 nitrogen and oxygen atoms in total. The molecule has 36 heavy (non-hydrogen) atoms. The summed E-state index contributed by atoms with van der Waals surface area (Å²) in [4.78, 5) is 12.9. The molecule has 3 rings (SSSR count). The summed E-state index contributed by atoms with van der Waals surface area (Å²) in [6.45, 7) is 8.31. The molecule has 0 atom stereocenters. The lowest BCUT2D eigenvalue weighted by Gasteiger charge is -2.25. The maximum absolute atomic E-state index is 13.5. The normalized spacial score (nSPS) is 11.6. The summed E-state index contributed by atoms with van der Waals surface area (Å²) in [5.74, 6) is 0.809. The molecule has 0 aliphatic carbocycles. The molecule has 0 bridgehead atoms. The number of nitrogens with one attached hydrogen (secondary N) is 1. The number of carbonyl (C=O) groups is 1. The topological polar surface area (TPSA) is 84.9 Å². The van der Waals surface area contributed by atoms with Gasteiger partial charge in [-0.25, -0.2) is 8.42 Å². The molecular formula is C28H34N2O5S. The van der Waals surface area contributed by atoms with E-state index in [0.29, 0.717) is 11.4 Å². The smallest absolute Gasteiger partial charge is 0.264 e. The zero-order valence-corrected chi connectivity index (χ0v) is 22.3.